The Kier molecular flexibility index (Phi) is 5.19. The SMILES string of the molecule is CC(O)(CC(=O)Nc1nc2ccc(Cl)nc2n1-c1ccc(F)cc1)c1ccccn1. The van der Waals surface area contributed by atoms with E-state index in [1.54, 1.807) is 53.2 Å². The summed E-state index contributed by atoms with van der Waals surface area (Å²) >= 11 is 6.03. The summed E-state index contributed by atoms with van der Waals surface area (Å²) in [6, 6.07) is 14.0. The molecule has 1 amide bonds. The second-order valence-electron chi connectivity index (χ2n) is 6.94. The maximum atomic E-state index is 13.4. The van der Waals surface area contributed by atoms with Crippen molar-refractivity contribution in [3.8, 4) is 5.69 Å². The van der Waals surface area contributed by atoms with Crippen molar-refractivity contribution in [1.82, 2.24) is 19.5 Å². The minimum atomic E-state index is -1.47. The van der Waals surface area contributed by atoms with Crippen molar-refractivity contribution in [1.29, 1.82) is 0 Å². The number of aliphatic hydroxyl groups is 1. The molecule has 0 spiro atoms. The molecule has 4 rings (SSSR count). The standard InChI is InChI=1S/C21H17ClFN5O2/c1-21(30,16-4-2-3-11-24-16)12-18(29)27-20-25-15-9-10-17(22)26-19(15)28(20)14-7-5-13(23)6-8-14/h2-11,30H,12H2,1H3,(H,25,27,29). The van der Waals surface area contributed by atoms with Gasteiger partial charge in [-0.3, -0.25) is 19.7 Å². The number of anilines is 1. The third-order valence-electron chi connectivity index (χ3n) is 4.53. The van der Waals surface area contributed by atoms with Gasteiger partial charge in [0, 0.05) is 6.20 Å². The monoisotopic (exact) mass is 425 g/mol. The number of pyridine rings is 2. The molecule has 2 N–H and O–H groups in total. The highest BCUT2D eigenvalue weighted by atomic mass is 35.5. The summed E-state index contributed by atoms with van der Waals surface area (Å²) in [7, 11) is 0. The zero-order valence-corrected chi connectivity index (χ0v) is 16.6. The minimum Gasteiger partial charge on any atom is -0.383 e. The number of imidazole rings is 1. The maximum absolute atomic E-state index is 13.4. The number of hydrogen-bond donors (Lipinski definition) is 2. The van der Waals surface area contributed by atoms with E-state index in [9.17, 15) is 14.3 Å². The second kappa shape index (κ2) is 7.81. The Morgan fingerprint density at radius 1 is 1.17 bits per heavy atom. The van der Waals surface area contributed by atoms with Crippen LogP contribution in [0.4, 0.5) is 10.3 Å². The fraction of sp³-hybridized carbons (Fsp3) is 0.143. The van der Waals surface area contributed by atoms with Crippen molar-refractivity contribution in [2.45, 2.75) is 18.9 Å². The fourth-order valence-electron chi connectivity index (χ4n) is 3.11. The molecular formula is C21H17ClFN5O2. The van der Waals surface area contributed by atoms with Gasteiger partial charge >= 0.3 is 0 Å². The lowest BCUT2D eigenvalue weighted by Gasteiger charge is -2.21. The van der Waals surface area contributed by atoms with Crippen LogP contribution in [0, 0.1) is 5.82 Å². The molecule has 3 heterocycles. The number of aromatic nitrogens is 4. The molecule has 0 radical (unpaired) electrons. The van der Waals surface area contributed by atoms with Crippen LogP contribution in [0.3, 0.4) is 0 Å². The first-order chi connectivity index (χ1) is 14.3. The Labute approximate surface area is 176 Å². The van der Waals surface area contributed by atoms with Gasteiger partial charge in [-0.2, -0.15) is 0 Å². The molecule has 0 aliphatic heterocycles. The Bertz CT molecular complexity index is 1210. The number of nitrogens with one attached hydrogen (secondary N) is 1. The Morgan fingerprint density at radius 2 is 1.93 bits per heavy atom. The van der Waals surface area contributed by atoms with Gasteiger partial charge in [0.15, 0.2) is 5.65 Å². The van der Waals surface area contributed by atoms with Crippen LogP contribution in [0.1, 0.15) is 19.0 Å². The molecule has 0 aliphatic rings. The van der Waals surface area contributed by atoms with E-state index in [1.165, 1.54) is 19.1 Å². The van der Waals surface area contributed by atoms with Gasteiger partial charge in [-0.1, -0.05) is 17.7 Å². The number of benzene rings is 1. The molecule has 4 aromatic rings. The molecule has 1 unspecified atom stereocenters. The second-order valence-corrected chi connectivity index (χ2v) is 7.32. The molecule has 7 nitrogen and oxygen atoms in total. The molecule has 3 aromatic heterocycles. The summed E-state index contributed by atoms with van der Waals surface area (Å²) in [4.78, 5) is 25.5. The Balaban J connectivity index is 1.69. The van der Waals surface area contributed by atoms with Crippen molar-refractivity contribution in [2.24, 2.45) is 0 Å². The molecule has 0 bridgehead atoms. The number of rotatable bonds is 5. The van der Waals surface area contributed by atoms with Gasteiger partial charge in [0.1, 0.15) is 22.1 Å². The molecule has 1 aromatic carbocycles. The molecule has 0 fully saturated rings. The summed E-state index contributed by atoms with van der Waals surface area (Å²) in [5.41, 5.74) is 0.345. The van der Waals surface area contributed by atoms with Crippen molar-refractivity contribution < 1.29 is 14.3 Å². The molecule has 0 saturated carbocycles. The number of halogens is 2. The third-order valence-corrected chi connectivity index (χ3v) is 4.74. The van der Waals surface area contributed by atoms with Crippen LogP contribution < -0.4 is 5.32 Å². The summed E-state index contributed by atoms with van der Waals surface area (Å²) < 4.78 is 15.0. The molecule has 0 aliphatic carbocycles. The van der Waals surface area contributed by atoms with Crippen LogP contribution in [0.5, 0.6) is 0 Å². The third kappa shape index (κ3) is 4.00. The first kappa shape index (κ1) is 19.9. The van der Waals surface area contributed by atoms with E-state index in [0.717, 1.165) is 0 Å². The number of carbonyl (C=O) groups is 1. The lowest BCUT2D eigenvalue weighted by atomic mass is 9.97. The highest BCUT2D eigenvalue weighted by Gasteiger charge is 2.29. The normalized spacial score (nSPS) is 13.2. The highest BCUT2D eigenvalue weighted by Crippen LogP contribution is 2.27. The molecule has 152 valence electrons. The highest BCUT2D eigenvalue weighted by molar-refractivity contribution is 6.29. The Morgan fingerprint density at radius 3 is 2.63 bits per heavy atom. The van der Waals surface area contributed by atoms with E-state index >= 15 is 0 Å². The molecule has 1 atom stereocenters. The van der Waals surface area contributed by atoms with E-state index in [-0.39, 0.29) is 17.5 Å². The lowest BCUT2D eigenvalue weighted by Crippen LogP contribution is -2.30. The van der Waals surface area contributed by atoms with Crippen LogP contribution in [0.2, 0.25) is 5.15 Å². The van der Waals surface area contributed by atoms with Crippen molar-refractivity contribution in [3.63, 3.8) is 0 Å². The quantitative estimate of drug-likeness (QED) is 0.474. The minimum absolute atomic E-state index is 0.174. The molecule has 9 heteroatoms. The Hall–Kier alpha value is -3.36. The maximum Gasteiger partial charge on any atom is 0.229 e. The average Bonchev–Trinajstić information content (AvgIpc) is 3.05. The summed E-state index contributed by atoms with van der Waals surface area (Å²) in [5, 5.41) is 13.7. The summed E-state index contributed by atoms with van der Waals surface area (Å²) in [6.45, 7) is 1.51. The molecular weight excluding hydrogens is 409 g/mol. The first-order valence-corrected chi connectivity index (χ1v) is 9.46. The molecule has 0 saturated heterocycles. The first-order valence-electron chi connectivity index (χ1n) is 9.08. The fourth-order valence-corrected chi connectivity index (χ4v) is 3.25. The average molecular weight is 426 g/mol. The van der Waals surface area contributed by atoms with Crippen LogP contribution in [0.15, 0.2) is 60.8 Å². The van der Waals surface area contributed by atoms with E-state index in [1.807, 2.05) is 0 Å². The lowest BCUT2D eigenvalue weighted by molar-refractivity contribution is -0.121. The van der Waals surface area contributed by atoms with Gasteiger partial charge in [-0.15, -0.1) is 0 Å². The predicted molar refractivity (Wildman–Crippen MR) is 111 cm³/mol. The van der Waals surface area contributed by atoms with Crippen molar-refractivity contribution in [3.05, 3.63) is 77.5 Å². The van der Waals surface area contributed by atoms with Gasteiger partial charge in [0.2, 0.25) is 11.9 Å². The summed E-state index contributed by atoms with van der Waals surface area (Å²) in [5.74, 6) is -0.699. The van der Waals surface area contributed by atoms with Gasteiger partial charge in [-0.05, 0) is 55.5 Å². The van der Waals surface area contributed by atoms with E-state index in [0.29, 0.717) is 22.5 Å². The van der Waals surface area contributed by atoms with E-state index in [4.69, 9.17) is 11.6 Å². The van der Waals surface area contributed by atoms with Crippen LogP contribution >= 0.6 is 11.6 Å². The van der Waals surface area contributed by atoms with Gasteiger partial charge in [0.25, 0.3) is 0 Å². The number of carbonyl (C=O) groups excluding carboxylic acids is 1. The molecule has 30 heavy (non-hydrogen) atoms. The van der Waals surface area contributed by atoms with Crippen molar-refractivity contribution >= 4 is 34.6 Å². The van der Waals surface area contributed by atoms with Crippen LogP contribution in [0.25, 0.3) is 16.9 Å². The van der Waals surface area contributed by atoms with Gasteiger partial charge in [-0.25, -0.2) is 14.4 Å². The largest absolute Gasteiger partial charge is 0.383 e. The zero-order chi connectivity index (χ0) is 21.3. The number of amides is 1. The van der Waals surface area contributed by atoms with Gasteiger partial charge < -0.3 is 5.11 Å². The topological polar surface area (TPSA) is 92.9 Å². The van der Waals surface area contributed by atoms with Crippen molar-refractivity contribution in [2.75, 3.05) is 5.32 Å². The number of hydrogen-bond acceptors (Lipinski definition) is 5. The van der Waals surface area contributed by atoms with Crippen LogP contribution in [-0.2, 0) is 10.4 Å². The zero-order valence-electron chi connectivity index (χ0n) is 15.9. The number of fused-ring (bicyclic) bond motifs is 1. The van der Waals surface area contributed by atoms with E-state index in [2.05, 4.69) is 20.3 Å². The predicted octanol–water partition coefficient (Wildman–Crippen LogP) is 3.84. The smallest absolute Gasteiger partial charge is 0.229 e. The van der Waals surface area contributed by atoms with Gasteiger partial charge in [0.05, 0.1) is 17.8 Å². The summed E-state index contributed by atoms with van der Waals surface area (Å²) in [6.07, 6.45) is 1.30. The number of nitrogens with zero attached hydrogens (tertiary/aromatic N) is 4. The van der Waals surface area contributed by atoms with Crippen LogP contribution in [-0.4, -0.2) is 30.5 Å². The van der Waals surface area contributed by atoms with E-state index < -0.39 is 17.3 Å².